The number of ether oxygens (including phenoxy) is 1. The van der Waals surface area contributed by atoms with Gasteiger partial charge in [0.2, 0.25) is 0 Å². The Kier molecular flexibility index (Phi) is 5.53. The van der Waals surface area contributed by atoms with E-state index in [1.54, 1.807) is 7.05 Å². The summed E-state index contributed by atoms with van der Waals surface area (Å²) in [5, 5.41) is 7.94. The van der Waals surface area contributed by atoms with E-state index in [2.05, 4.69) is 51.1 Å². The zero-order chi connectivity index (χ0) is 15.9. The lowest BCUT2D eigenvalue weighted by Gasteiger charge is -2.11. The summed E-state index contributed by atoms with van der Waals surface area (Å²) >= 11 is 0. The molecule has 0 unspecified atom stereocenters. The van der Waals surface area contributed by atoms with Gasteiger partial charge in [0.25, 0.3) is 0 Å². The van der Waals surface area contributed by atoms with E-state index in [0.717, 1.165) is 44.6 Å². The number of fused-ring (bicyclic) bond motifs is 1. The van der Waals surface area contributed by atoms with Crippen LogP contribution >= 0.6 is 0 Å². The molecule has 23 heavy (non-hydrogen) atoms. The number of para-hydroxylation sites is 1. The topological polar surface area (TPSA) is 61.4 Å². The maximum atomic E-state index is 5.61. The van der Waals surface area contributed by atoms with Gasteiger partial charge in [-0.05, 0) is 36.8 Å². The number of rotatable bonds is 8. The van der Waals surface area contributed by atoms with Gasteiger partial charge in [-0.2, -0.15) is 0 Å². The molecule has 1 heterocycles. The fourth-order valence-electron chi connectivity index (χ4n) is 2.65. The predicted octanol–water partition coefficient (Wildman–Crippen LogP) is 2.30. The SMILES string of the molecule is CN=C(NCCOCC1CC1)NCCc1c[nH]c2ccccc12. The van der Waals surface area contributed by atoms with Gasteiger partial charge in [0.05, 0.1) is 6.61 Å². The highest BCUT2D eigenvalue weighted by molar-refractivity contribution is 5.83. The van der Waals surface area contributed by atoms with Gasteiger partial charge >= 0.3 is 0 Å². The van der Waals surface area contributed by atoms with Gasteiger partial charge in [-0.1, -0.05) is 18.2 Å². The smallest absolute Gasteiger partial charge is 0.191 e. The Morgan fingerprint density at radius 3 is 2.91 bits per heavy atom. The quantitative estimate of drug-likeness (QED) is 0.398. The molecular weight excluding hydrogens is 288 g/mol. The van der Waals surface area contributed by atoms with Crippen molar-refractivity contribution in [1.82, 2.24) is 15.6 Å². The Labute approximate surface area is 137 Å². The molecule has 3 N–H and O–H groups in total. The van der Waals surface area contributed by atoms with Crippen LogP contribution in [0.15, 0.2) is 35.5 Å². The molecular formula is C18H26N4O. The zero-order valence-electron chi connectivity index (χ0n) is 13.8. The van der Waals surface area contributed by atoms with E-state index in [1.165, 1.54) is 29.3 Å². The molecule has 3 rings (SSSR count). The minimum atomic E-state index is 0.736. The van der Waals surface area contributed by atoms with Crippen molar-refractivity contribution in [2.45, 2.75) is 19.3 Å². The summed E-state index contributed by atoms with van der Waals surface area (Å²) in [7, 11) is 1.80. The summed E-state index contributed by atoms with van der Waals surface area (Å²) < 4.78 is 5.61. The number of aromatic nitrogens is 1. The maximum absolute atomic E-state index is 5.61. The third kappa shape index (κ3) is 4.73. The van der Waals surface area contributed by atoms with Crippen LogP contribution < -0.4 is 10.6 Å². The minimum absolute atomic E-state index is 0.736. The number of nitrogens with one attached hydrogen (secondary N) is 3. The van der Waals surface area contributed by atoms with E-state index in [9.17, 15) is 0 Å². The molecule has 0 spiro atoms. The summed E-state index contributed by atoms with van der Waals surface area (Å²) in [6, 6.07) is 8.40. The first-order valence-electron chi connectivity index (χ1n) is 8.44. The Hall–Kier alpha value is -2.01. The third-order valence-electron chi connectivity index (χ3n) is 4.17. The number of benzene rings is 1. The van der Waals surface area contributed by atoms with Crippen LogP contribution in [-0.4, -0.2) is 44.3 Å². The van der Waals surface area contributed by atoms with Gasteiger partial charge < -0.3 is 20.4 Å². The van der Waals surface area contributed by atoms with Crippen LogP contribution in [0.1, 0.15) is 18.4 Å². The number of aromatic amines is 1. The van der Waals surface area contributed by atoms with Gasteiger partial charge in [0.1, 0.15) is 0 Å². The van der Waals surface area contributed by atoms with Crippen LogP contribution in [0.4, 0.5) is 0 Å². The van der Waals surface area contributed by atoms with Gasteiger partial charge in [-0.25, -0.2) is 0 Å². The maximum Gasteiger partial charge on any atom is 0.191 e. The molecule has 0 bridgehead atoms. The zero-order valence-corrected chi connectivity index (χ0v) is 13.8. The van der Waals surface area contributed by atoms with Crippen LogP contribution in [0, 0.1) is 5.92 Å². The summed E-state index contributed by atoms with van der Waals surface area (Å²) in [5.41, 5.74) is 2.52. The van der Waals surface area contributed by atoms with Crippen molar-refractivity contribution in [3.63, 3.8) is 0 Å². The second kappa shape index (κ2) is 8.02. The molecule has 2 aromatic rings. The highest BCUT2D eigenvalue weighted by Gasteiger charge is 2.20. The van der Waals surface area contributed by atoms with E-state index in [1.807, 2.05) is 0 Å². The standard InChI is InChI=1S/C18H26N4O/c1-19-18(21-10-11-23-13-14-6-7-14)20-9-8-15-12-22-17-5-3-2-4-16(15)17/h2-5,12,14,22H,6-11,13H2,1H3,(H2,19,20,21). The number of H-pyrrole nitrogens is 1. The number of guanidine groups is 1. The van der Waals surface area contributed by atoms with Gasteiger partial charge in [0.15, 0.2) is 5.96 Å². The minimum Gasteiger partial charge on any atom is -0.379 e. The Morgan fingerprint density at radius 1 is 1.26 bits per heavy atom. The largest absolute Gasteiger partial charge is 0.379 e. The fourth-order valence-corrected chi connectivity index (χ4v) is 2.65. The molecule has 1 fully saturated rings. The lowest BCUT2D eigenvalue weighted by atomic mass is 10.1. The summed E-state index contributed by atoms with van der Waals surface area (Å²) in [4.78, 5) is 7.56. The van der Waals surface area contributed by atoms with Crippen molar-refractivity contribution >= 4 is 16.9 Å². The number of aliphatic imine (C=N–C) groups is 1. The number of nitrogens with zero attached hydrogens (tertiary/aromatic N) is 1. The average molecular weight is 314 g/mol. The first-order valence-corrected chi connectivity index (χ1v) is 8.44. The first-order chi connectivity index (χ1) is 11.4. The van der Waals surface area contributed by atoms with Crippen LogP contribution in [0.3, 0.4) is 0 Å². The monoisotopic (exact) mass is 314 g/mol. The Balaban J connectivity index is 1.36. The molecule has 124 valence electrons. The van der Waals surface area contributed by atoms with Gasteiger partial charge in [-0.15, -0.1) is 0 Å². The van der Waals surface area contributed by atoms with Crippen molar-refractivity contribution in [2.75, 3.05) is 33.4 Å². The molecule has 0 amide bonds. The van der Waals surface area contributed by atoms with E-state index in [0.29, 0.717) is 0 Å². The first kappa shape index (κ1) is 15.9. The lowest BCUT2D eigenvalue weighted by molar-refractivity contribution is 0.129. The van der Waals surface area contributed by atoms with Crippen LogP contribution in [0.2, 0.25) is 0 Å². The van der Waals surface area contributed by atoms with Crippen molar-refractivity contribution < 1.29 is 4.74 Å². The van der Waals surface area contributed by atoms with Crippen LogP contribution in [0.25, 0.3) is 10.9 Å². The summed E-state index contributed by atoms with van der Waals surface area (Å²) in [6.45, 7) is 3.29. The van der Waals surface area contributed by atoms with Crippen molar-refractivity contribution in [1.29, 1.82) is 0 Å². The molecule has 1 aliphatic rings. The highest BCUT2D eigenvalue weighted by Crippen LogP contribution is 2.28. The fraction of sp³-hybridized carbons (Fsp3) is 0.500. The predicted molar refractivity (Wildman–Crippen MR) is 94.9 cm³/mol. The van der Waals surface area contributed by atoms with Crippen molar-refractivity contribution in [3.8, 4) is 0 Å². The second-order valence-corrected chi connectivity index (χ2v) is 6.05. The van der Waals surface area contributed by atoms with Gasteiger partial charge in [-0.3, -0.25) is 4.99 Å². The van der Waals surface area contributed by atoms with Crippen molar-refractivity contribution in [2.24, 2.45) is 10.9 Å². The molecule has 0 aliphatic heterocycles. The molecule has 0 atom stereocenters. The third-order valence-corrected chi connectivity index (χ3v) is 4.17. The van der Waals surface area contributed by atoms with E-state index in [4.69, 9.17) is 4.74 Å². The molecule has 1 aliphatic carbocycles. The highest BCUT2D eigenvalue weighted by atomic mass is 16.5. The lowest BCUT2D eigenvalue weighted by Crippen LogP contribution is -2.39. The van der Waals surface area contributed by atoms with E-state index >= 15 is 0 Å². The Bertz CT molecular complexity index is 645. The van der Waals surface area contributed by atoms with E-state index in [-0.39, 0.29) is 0 Å². The van der Waals surface area contributed by atoms with Crippen LogP contribution in [-0.2, 0) is 11.2 Å². The second-order valence-electron chi connectivity index (χ2n) is 6.05. The molecule has 1 saturated carbocycles. The molecule has 0 saturated heterocycles. The normalized spacial score (nSPS) is 15.1. The summed E-state index contributed by atoms with van der Waals surface area (Å²) in [5.74, 6) is 1.66. The van der Waals surface area contributed by atoms with Crippen molar-refractivity contribution in [3.05, 3.63) is 36.0 Å². The molecule has 1 aromatic heterocycles. The molecule has 1 aromatic carbocycles. The molecule has 5 heteroatoms. The molecule has 5 nitrogen and oxygen atoms in total. The Morgan fingerprint density at radius 2 is 2.09 bits per heavy atom. The average Bonchev–Trinajstić information content (AvgIpc) is 3.32. The number of hydrogen-bond donors (Lipinski definition) is 3. The van der Waals surface area contributed by atoms with Gasteiger partial charge in [0, 0.05) is 43.8 Å². The summed E-state index contributed by atoms with van der Waals surface area (Å²) in [6.07, 6.45) is 5.73. The number of hydrogen-bond acceptors (Lipinski definition) is 2. The van der Waals surface area contributed by atoms with E-state index < -0.39 is 0 Å². The molecule has 0 radical (unpaired) electrons. The van der Waals surface area contributed by atoms with Crippen LogP contribution in [0.5, 0.6) is 0 Å².